The number of aliphatic hydroxyl groups excluding tert-OH is 1. The van der Waals surface area contributed by atoms with Crippen molar-refractivity contribution in [2.45, 2.75) is 71.4 Å². The maximum absolute atomic E-state index is 12.8. The third-order valence-corrected chi connectivity index (χ3v) is 5.47. The molecule has 2 N–H and O–H groups in total. The number of hydrogen-bond acceptors (Lipinski definition) is 8. The van der Waals surface area contributed by atoms with Crippen LogP contribution in [0.3, 0.4) is 0 Å². The molecule has 1 aromatic carbocycles. The van der Waals surface area contributed by atoms with Crippen molar-refractivity contribution in [2.75, 3.05) is 20.4 Å². The van der Waals surface area contributed by atoms with E-state index in [0.29, 0.717) is 23.6 Å². The fourth-order valence-electron chi connectivity index (χ4n) is 3.59. The van der Waals surface area contributed by atoms with Crippen molar-refractivity contribution in [1.82, 2.24) is 5.32 Å². The molecular weight excluding hydrogens is 414 g/mol. The zero-order valence-corrected chi connectivity index (χ0v) is 19.9. The predicted octanol–water partition coefficient (Wildman–Crippen LogP) is 3.29. The van der Waals surface area contributed by atoms with Gasteiger partial charge in [0.25, 0.3) is 0 Å². The number of Topliss-reactive ketones (excluding diaryl/α,β-unsaturated/α-hetero) is 1. The second-order valence-electron chi connectivity index (χ2n) is 8.92. The molecule has 1 saturated carbocycles. The van der Waals surface area contributed by atoms with Crippen LogP contribution in [0.1, 0.15) is 70.2 Å². The highest BCUT2D eigenvalue weighted by Crippen LogP contribution is 2.34. The Bertz CT molecular complexity index is 751. The van der Waals surface area contributed by atoms with E-state index >= 15 is 0 Å². The molecule has 1 aromatic rings. The molecule has 2 aliphatic rings. The zero-order chi connectivity index (χ0) is 24.4. The van der Waals surface area contributed by atoms with Gasteiger partial charge in [-0.25, -0.2) is 0 Å². The third kappa shape index (κ3) is 7.31. The number of rotatable bonds is 6. The number of ketones is 1. The van der Waals surface area contributed by atoms with Crippen molar-refractivity contribution in [3.8, 4) is 11.5 Å². The molecule has 1 fully saturated rings. The topological polar surface area (TPSA) is 111 Å². The molecular formula is C24H37NO7. The lowest BCUT2D eigenvalue weighted by atomic mass is 9.83. The van der Waals surface area contributed by atoms with E-state index < -0.39 is 17.1 Å². The van der Waals surface area contributed by atoms with E-state index in [1.807, 2.05) is 34.5 Å². The number of nitrogens with one attached hydrogen (secondary N) is 1. The molecule has 0 spiro atoms. The monoisotopic (exact) mass is 451 g/mol. The van der Waals surface area contributed by atoms with Crippen LogP contribution in [-0.4, -0.2) is 55.7 Å². The van der Waals surface area contributed by atoms with E-state index in [-0.39, 0.29) is 18.5 Å². The molecule has 0 amide bonds. The minimum Gasteiger partial charge on any atom is -0.457 e. The SMILES string of the molecule is C=O.CC(NCC1(OC(=O)C(C)(C)C)CCCCC1)C(=O)c1ccc2c(c1)OCO2.CO. The molecule has 8 heteroatoms. The molecule has 0 radical (unpaired) electrons. The van der Waals surface area contributed by atoms with Crippen LogP contribution in [0.5, 0.6) is 11.5 Å². The first-order valence-corrected chi connectivity index (χ1v) is 10.8. The van der Waals surface area contributed by atoms with Crippen LogP contribution in [0, 0.1) is 5.41 Å². The second-order valence-corrected chi connectivity index (χ2v) is 8.92. The maximum atomic E-state index is 12.8. The van der Waals surface area contributed by atoms with Crippen LogP contribution in [0.15, 0.2) is 18.2 Å². The largest absolute Gasteiger partial charge is 0.457 e. The van der Waals surface area contributed by atoms with Crippen molar-refractivity contribution < 1.29 is 33.7 Å². The Labute approximate surface area is 190 Å². The summed E-state index contributed by atoms with van der Waals surface area (Å²) in [5, 5.41) is 10.3. The number of benzene rings is 1. The molecule has 0 aromatic heterocycles. The van der Waals surface area contributed by atoms with E-state index in [1.54, 1.807) is 18.2 Å². The lowest BCUT2D eigenvalue weighted by Crippen LogP contribution is -2.51. The molecule has 0 bridgehead atoms. The summed E-state index contributed by atoms with van der Waals surface area (Å²) in [5.41, 5.74) is -0.502. The Morgan fingerprint density at radius 3 is 2.31 bits per heavy atom. The fraction of sp³-hybridized carbons (Fsp3) is 0.625. The summed E-state index contributed by atoms with van der Waals surface area (Å²) in [4.78, 5) is 33.3. The summed E-state index contributed by atoms with van der Waals surface area (Å²) < 4.78 is 16.7. The maximum Gasteiger partial charge on any atom is 0.311 e. The van der Waals surface area contributed by atoms with Gasteiger partial charge in [0.1, 0.15) is 12.4 Å². The van der Waals surface area contributed by atoms with Crippen molar-refractivity contribution in [2.24, 2.45) is 5.41 Å². The zero-order valence-electron chi connectivity index (χ0n) is 19.9. The molecule has 8 nitrogen and oxygen atoms in total. The van der Waals surface area contributed by atoms with E-state index in [9.17, 15) is 9.59 Å². The van der Waals surface area contributed by atoms with Crippen molar-refractivity contribution in [3.05, 3.63) is 23.8 Å². The number of carbonyl (C=O) groups is 3. The summed E-state index contributed by atoms with van der Waals surface area (Å²) in [7, 11) is 1.00. The van der Waals surface area contributed by atoms with E-state index in [2.05, 4.69) is 5.32 Å². The Kier molecular flexibility index (Phi) is 10.8. The van der Waals surface area contributed by atoms with Crippen molar-refractivity contribution >= 4 is 18.5 Å². The lowest BCUT2D eigenvalue weighted by molar-refractivity contribution is -0.172. The van der Waals surface area contributed by atoms with Gasteiger partial charge < -0.3 is 29.4 Å². The van der Waals surface area contributed by atoms with Gasteiger partial charge in [0.2, 0.25) is 6.79 Å². The molecule has 1 heterocycles. The van der Waals surface area contributed by atoms with Crippen LogP contribution in [0.2, 0.25) is 0 Å². The summed E-state index contributed by atoms with van der Waals surface area (Å²) in [6, 6.07) is 4.84. The highest BCUT2D eigenvalue weighted by Gasteiger charge is 2.39. The van der Waals surface area contributed by atoms with E-state index in [0.717, 1.165) is 39.2 Å². The van der Waals surface area contributed by atoms with Gasteiger partial charge in [-0.3, -0.25) is 9.59 Å². The Morgan fingerprint density at radius 1 is 1.12 bits per heavy atom. The van der Waals surface area contributed by atoms with Crippen LogP contribution in [0.4, 0.5) is 0 Å². The molecule has 180 valence electrons. The first kappa shape index (κ1) is 27.6. The Hall–Kier alpha value is -2.45. The first-order valence-electron chi connectivity index (χ1n) is 10.8. The standard InChI is InChI=1S/C22H31NO5.CH4O.CH2O/c1-15(19(24)16-8-9-17-18(12-16)27-14-26-17)23-13-22(10-6-5-7-11-22)28-20(25)21(2,3)4;2*1-2/h8-9,12,15,23H,5-7,10-11,13-14H2,1-4H3;2H,1H3;1H2. The fourth-order valence-corrected chi connectivity index (χ4v) is 3.59. The minimum atomic E-state index is -0.543. The predicted molar refractivity (Wildman–Crippen MR) is 121 cm³/mol. The Morgan fingerprint density at radius 2 is 1.72 bits per heavy atom. The van der Waals surface area contributed by atoms with Crippen LogP contribution >= 0.6 is 0 Å². The second kappa shape index (κ2) is 12.6. The summed E-state index contributed by atoms with van der Waals surface area (Å²) in [6.07, 6.45) is 4.87. The molecule has 1 aliphatic heterocycles. The van der Waals surface area contributed by atoms with Gasteiger partial charge in [-0.05, 0) is 71.6 Å². The average molecular weight is 452 g/mol. The molecule has 3 rings (SSSR count). The van der Waals surface area contributed by atoms with Gasteiger partial charge in [0.15, 0.2) is 17.3 Å². The number of aliphatic hydroxyl groups is 1. The molecule has 1 unspecified atom stereocenters. The normalized spacial score (nSPS) is 17.1. The van der Waals surface area contributed by atoms with Crippen molar-refractivity contribution in [3.63, 3.8) is 0 Å². The first-order chi connectivity index (χ1) is 15.2. The van der Waals surface area contributed by atoms with Gasteiger partial charge in [-0.15, -0.1) is 0 Å². The van der Waals surface area contributed by atoms with Crippen LogP contribution in [-0.2, 0) is 14.3 Å². The quantitative estimate of drug-likeness (QED) is 0.501. The number of fused-ring (bicyclic) bond motifs is 1. The average Bonchev–Trinajstić information content (AvgIpc) is 3.27. The third-order valence-electron chi connectivity index (χ3n) is 5.47. The number of ether oxygens (including phenoxy) is 3. The molecule has 1 atom stereocenters. The highest BCUT2D eigenvalue weighted by atomic mass is 16.7. The number of hydrogen-bond donors (Lipinski definition) is 2. The van der Waals surface area contributed by atoms with Gasteiger partial charge in [0.05, 0.1) is 11.5 Å². The van der Waals surface area contributed by atoms with Gasteiger partial charge in [-0.1, -0.05) is 6.42 Å². The number of esters is 1. The molecule has 32 heavy (non-hydrogen) atoms. The van der Waals surface area contributed by atoms with E-state index in [1.165, 1.54) is 0 Å². The summed E-state index contributed by atoms with van der Waals surface area (Å²) in [6.45, 7) is 10.1. The number of carbonyl (C=O) groups excluding carboxylic acids is 3. The lowest BCUT2D eigenvalue weighted by Gasteiger charge is -2.39. The van der Waals surface area contributed by atoms with E-state index in [4.69, 9.17) is 24.1 Å². The van der Waals surface area contributed by atoms with Crippen molar-refractivity contribution in [1.29, 1.82) is 0 Å². The van der Waals surface area contributed by atoms with Crippen LogP contribution < -0.4 is 14.8 Å². The Balaban J connectivity index is 0.00000121. The van der Waals surface area contributed by atoms with Gasteiger partial charge in [-0.2, -0.15) is 0 Å². The smallest absolute Gasteiger partial charge is 0.311 e. The highest BCUT2D eigenvalue weighted by molar-refractivity contribution is 6.00. The molecule has 1 aliphatic carbocycles. The van der Waals surface area contributed by atoms with Gasteiger partial charge in [0, 0.05) is 19.2 Å². The van der Waals surface area contributed by atoms with Crippen LogP contribution in [0.25, 0.3) is 0 Å². The minimum absolute atomic E-state index is 0.0218. The van der Waals surface area contributed by atoms with Gasteiger partial charge >= 0.3 is 5.97 Å². The molecule has 0 saturated heterocycles. The summed E-state index contributed by atoms with van der Waals surface area (Å²) >= 11 is 0. The summed E-state index contributed by atoms with van der Waals surface area (Å²) in [5.74, 6) is 1.05.